The Balaban J connectivity index is 1.37. The molecular weight excluding hydrogens is 212 g/mol. The van der Waals surface area contributed by atoms with E-state index in [1.54, 1.807) is 0 Å². The molecule has 1 heterocycles. The first-order valence-electron chi connectivity index (χ1n) is 7.36. The fraction of sp³-hybridized carbons (Fsp3) is 1.00. The molecule has 1 saturated carbocycles. The Morgan fingerprint density at radius 1 is 1.24 bits per heavy atom. The quantitative estimate of drug-likeness (QED) is 0.635. The summed E-state index contributed by atoms with van der Waals surface area (Å²) >= 11 is 0. The first-order valence-corrected chi connectivity index (χ1v) is 7.36. The second-order valence-electron chi connectivity index (χ2n) is 5.82. The molecule has 1 saturated heterocycles. The minimum atomic E-state index is 0.706. The van der Waals surface area contributed by atoms with Crippen molar-refractivity contribution in [1.82, 2.24) is 10.6 Å². The van der Waals surface area contributed by atoms with Crippen molar-refractivity contribution in [2.45, 2.75) is 45.1 Å². The van der Waals surface area contributed by atoms with E-state index in [0.717, 1.165) is 38.0 Å². The van der Waals surface area contributed by atoms with E-state index >= 15 is 0 Å². The van der Waals surface area contributed by atoms with Gasteiger partial charge in [0.25, 0.3) is 0 Å². The first-order chi connectivity index (χ1) is 8.34. The van der Waals surface area contributed by atoms with Crippen LogP contribution in [0.3, 0.4) is 0 Å². The molecule has 0 bridgehead atoms. The Kier molecular flexibility index (Phi) is 5.75. The lowest BCUT2D eigenvalue weighted by Gasteiger charge is -2.28. The van der Waals surface area contributed by atoms with Crippen LogP contribution in [0.2, 0.25) is 0 Å². The zero-order valence-corrected chi connectivity index (χ0v) is 11.2. The molecule has 0 aromatic heterocycles. The van der Waals surface area contributed by atoms with Crippen LogP contribution >= 0.6 is 0 Å². The van der Waals surface area contributed by atoms with E-state index in [0.29, 0.717) is 6.04 Å². The molecule has 2 atom stereocenters. The van der Waals surface area contributed by atoms with E-state index < -0.39 is 0 Å². The number of nitrogens with one attached hydrogen (secondary N) is 2. The van der Waals surface area contributed by atoms with Crippen LogP contribution < -0.4 is 10.6 Å². The summed E-state index contributed by atoms with van der Waals surface area (Å²) in [6.07, 6.45) is 6.60. The van der Waals surface area contributed by atoms with Gasteiger partial charge in [0.05, 0.1) is 0 Å². The van der Waals surface area contributed by atoms with E-state index in [2.05, 4.69) is 17.6 Å². The molecule has 2 aliphatic rings. The number of rotatable bonds is 8. The SMILES string of the molecule is CC1CC(CNCCCOCC2CC2)CCN1. The van der Waals surface area contributed by atoms with Crippen LogP contribution in [0.1, 0.15) is 39.0 Å². The molecule has 17 heavy (non-hydrogen) atoms. The molecule has 0 radical (unpaired) electrons. The van der Waals surface area contributed by atoms with E-state index in [9.17, 15) is 0 Å². The Labute approximate surface area is 106 Å². The van der Waals surface area contributed by atoms with Crippen molar-refractivity contribution in [2.75, 3.05) is 32.8 Å². The highest BCUT2D eigenvalue weighted by atomic mass is 16.5. The number of piperidine rings is 1. The highest BCUT2D eigenvalue weighted by Gasteiger charge is 2.21. The van der Waals surface area contributed by atoms with Gasteiger partial charge in [-0.2, -0.15) is 0 Å². The zero-order valence-electron chi connectivity index (χ0n) is 11.2. The minimum Gasteiger partial charge on any atom is -0.381 e. The second kappa shape index (κ2) is 7.34. The monoisotopic (exact) mass is 240 g/mol. The van der Waals surface area contributed by atoms with Crippen molar-refractivity contribution in [3.8, 4) is 0 Å². The van der Waals surface area contributed by atoms with Crippen molar-refractivity contribution >= 4 is 0 Å². The lowest BCUT2D eigenvalue weighted by molar-refractivity contribution is 0.121. The van der Waals surface area contributed by atoms with Crippen LogP contribution in [0, 0.1) is 11.8 Å². The van der Waals surface area contributed by atoms with Crippen LogP contribution in [0.4, 0.5) is 0 Å². The van der Waals surface area contributed by atoms with Crippen molar-refractivity contribution < 1.29 is 4.74 Å². The van der Waals surface area contributed by atoms with Gasteiger partial charge < -0.3 is 15.4 Å². The standard InChI is InChI=1S/C14H28N2O/c1-12-9-14(5-7-16-12)10-15-6-2-8-17-11-13-3-4-13/h12-16H,2-11H2,1H3. The molecule has 2 rings (SSSR count). The Morgan fingerprint density at radius 2 is 2.12 bits per heavy atom. The van der Waals surface area contributed by atoms with Gasteiger partial charge in [-0.15, -0.1) is 0 Å². The molecule has 3 heteroatoms. The number of hydrogen-bond acceptors (Lipinski definition) is 3. The summed E-state index contributed by atoms with van der Waals surface area (Å²) in [6.45, 7) is 7.73. The van der Waals surface area contributed by atoms with E-state index in [-0.39, 0.29) is 0 Å². The maximum absolute atomic E-state index is 5.62. The summed E-state index contributed by atoms with van der Waals surface area (Å²) in [5.41, 5.74) is 0. The number of hydrogen-bond donors (Lipinski definition) is 2. The van der Waals surface area contributed by atoms with Crippen LogP contribution in [0.25, 0.3) is 0 Å². The van der Waals surface area contributed by atoms with Crippen molar-refractivity contribution in [3.05, 3.63) is 0 Å². The van der Waals surface area contributed by atoms with Crippen LogP contribution in [-0.4, -0.2) is 38.9 Å². The van der Waals surface area contributed by atoms with Crippen LogP contribution in [0.15, 0.2) is 0 Å². The van der Waals surface area contributed by atoms with Gasteiger partial charge in [-0.05, 0) is 70.5 Å². The molecule has 0 aromatic carbocycles. The third-order valence-corrected chi connectivity index (χ3v) is 3.86. The van der Waals surface area contributed by atoms with Gasteiger partial charge in [-0.1, -0.05) is 0 Å². The highest BCUT2D eigenvalue weighted by molar-refractivity contribution is 4.76. The van der Waals surface area contributed by atoms with Gasteiger partial charge in [-0.25, -0.2) is 0 Å². The van der Waals surface area contributed by atoms with E-state index in [1.165, 1.54) is 38.8 Å². The Hall–Kier alpha value is -0.120. The molecule has 2 unspecified atom stereocenters. The molecule has 100 valence electrons. The summed E-state index contributed by atoms with van der Waals surface area (Å²) in [4.78, 5) is 0. The minimum absolute atomic E-state index is 0.706. The molecule has 3 nitrogen and oxygen atoms in total. The molecule has 2 N–H and O–H groups in total. The Bertz CT molecular complexity index is 206. The average Bonchev–Trinajstić information content (AvgIpc) is 3.12. The summed E-state index contributed by atoms with van der Waals surface area (Å²) in [6, 6.07) is 0.706. The second-order valence-corrected chi connectivity index (χ2v) is 5.82. The molecule has 0 amide bonds. The van der Waals surface area contributed by atoms with E-state index in [1.807, 2.05) is 0 Å². The zero-order chi connectivity index (χ0) is 11.9. The maximum atomic E-state index is 5.62. The van der Waals surface area contributed by atoms with Crippen molar-refractivity contribution in [1.29, 1.82) is 0 Å². The van der Waals surface area contributed by atoms with Gasteiger partial charge in [0.1, 0.15) is 0 Å². The molecular formula is C14H28N2O. The van der Waals surface area contributed by atoms with Gasteiger partial charge in [0, 0.05) is 19.3 Å². The lowest BCUT2D eigenvalue weighted by atomic mass is 9.93. The van der Waals surface area contributed by atoms with Gasteiger partial charge in [0.15, 0.2) is 0 Å². The first kappa shape index (κ1) is 13.3. The van der Waals surface area contributed by atoms with Gasteiger partial charge >= 0.3 is 0 Å². The van der Waals surface area contributed by atoms with Gasteiger partial charge in [-0.3, -0.25) is 0 Å². The maximum Gasteiger partial charge on any atom is 0.0494 e. The summed E-state index contributed by atoms with van der Waals surface area (Å²) < 4.78 is 5.62. The summed E-state index contributed by atoms with van der Waals surface area (Å²) in [5.74, 6) is 1.78. The normalized spacial score (nSPS) is 29.5. The third kappa shape index (κ3) is 5.84. The molecule has 1 aliphatic heterocycles. The lowest BCUT2D eigenvalue weighted by Crippen LogP contribution is -2.39. The predicted molar refractivity (Wildman–Crippen MR) is 71.2 cm³/mol. The largest absolute Gasteiger partial charge is 0.381 e. The van der Waals surface area contributed by atoms with Gasteiger partial charge in [0.2, 0.25) is 0 Å². The topological polar surface area (TPSA) is 33.3 Å². The summed E-state index contributed by atoms with van der Waals surface area (Å²) in [5, 5.41) is 7.07. The predicted octanol–water partition coefficient (Wildman–Crippen LogP) is 1.78. The third-order valence-electron chi connectivity index (χ3n) is 3.86. The Morgan fingerprint density at radius 3 is 2.88 bits per heavy atom. The molecule has 1 aliphatic carbocycles. The fourth-order valence-electron chi connectivity index (χ4n) is 2.56. The number of ether oxygens (including phenoxy) is 1. The molecule has 0 aromatic rings. The van der Waals surface area contributed by atoms with Crippen LogP contribution in [-0.2, 0) is 4.74 Å². The highest BCUT2D eigenvalue weighted by Crippen LogP contribution is 2.28. The van der Waals surface area contributed by atoms with Crippen molar-refractivity contribution in [3.63, 3.8) is 0 Å². The summed E-state index contributed by atoms with van der Waals surface area (Å²) in [7, 11) is 0. The van der Waals surface area contributed by atoms with E-state index in [4.69, 9.17) is 4.74 Å². The molecule has 2 fully saturated rings. The fourth-order valence-corrected chi connectivity index (χ4v) is 2.56. The average molecular weight is 240 g/mol. The smallest absolute Gasteiger partial charge is 0.0494 e. The van der Waals surface area contributed by atoms with Crippen molar-refractivity contribution in [2.24, 2.45) is 11.8 Å². The van der Waals surface area contributed by atoms with Crippen LogP contribution in [0.5, 0.6) is 0 Å². The molecule has 0 spiro atoms.